The van der Waals surface area contributed by atoms with Crippen molar-refractivity contribution in [2.45, 2.75) is 32.9 Å². The fourth-order valence-corrected chi connectivity index (χ4v) is 3.84. The summed E-state index contributed by atoms with van der Waals surface area (Å²) in [5, 5.41) is 9.15. The molecule has 2 aromatic heterocycles. The van der Waals surface area contributed by atoms with E-state index in [4.69, 9.17) is 11.6 Å². The first-order chi connectivity index (χ1) is 15.4. The molecule has 32 heavy (non-hydrogen) atoms. The van der Waals surface area contributed by atoms with Crippen LogP contribution in [0.2, 0.25) is 0 Å². The standard InChI is InChI=1S/C22H25N7O2S/c1-3-16-8-9-17(32-16)11-25-21(30)18-10-19(27-12-26-18)22(31)28-13(2)14-4-6-15(7-5-14)20(23)29-24/h4-10,12-13H,3,11,24H2,1-2H3,(H2,23,29)(H,25,30)(H,28,31). The maximum absolute atomic E-state index is 12.7. The van der Waals surface area contributed by atoms with Crippen LogP contribution in [0.25, 0.3) is 0 Å². The first kappa shape index (κ1) is 22.9. The van der Waals surface area contributed by atoms with Gasteiger partial charge in [-0.25, -0.2) is 9.97 Å². The summed E-state index contributed by atoms with van der Waals surface area (Å²) in [6, 6.07) is 12.3. The van der Waals surface area contributed by atoms with Crippen LogP contribution in [0.1, 0.15) is 61.7 Å². The van der Waals surface area contributed by atoms with Crippen molar-refractivity contribution in [1.82, 2.24) is 20.6 Å². The van der Waals surface area contributed by atoms with E-state index >= 15 is 0 Å². The number of amides is 2. The Balaban J connectivity index is 1.62. The number of benzene rings is 1. The highest BCUT2D eigenvalue weighted by Crippen LogP contribution is 2.17. The number of hydrogen-bond donors (Lipinski definition) is 4. The Morgan fingerprint density at radius 2 is 1.72 bits per heavy atom. The van der Waals surface area contributed by atoms with Gasteiger partial charge in [-0.1, -0.05) is 31.2 Å². The van der Waals surface area contributed by atoms with Crippen molar-refractivity contribution in [3.63, 3.8) is 0 Å². The highest BCUT2D eigenvalue weighted by Gasteiger charge is 2.16. The molecule has 6 N–H and O–H groups in total. The number of carbonyl (C=O) groups excluding carboxylic acids is 2. The molecule has 0 bridgehead atoms. The lowest BCUT2D eigenvalue weighted by Gasteiger charge is -2.14. The van der Waals surface area contributed by atoms with Crippen molar-refractivity contribution in [2.75, 3.05) is 0 Å². The summed E-state index contributed by atoms with van der Waals surface area (Å²) in [7, 11) is 0. The van der Waals surface area contributed by atoms with E-state index < -0.39 is 5.91 Å². The number of nitrogens with one attached hydrogen (secondary N) is 2. The molecule has 0 saturated carbocycles. The Kier molecular flexibility index (Phi) is 7.50. The van der Waals surface area contributed by atoms with Crippen LogP contribution < -0.4 is 22.2 Å². The minimum atomic E-state index is -0.410. The predicted octanol–water partition coefficient (Wildman–Crippen LogP) is 2.10. The van der Waals surface area contributed by atoms with Crippen molar-refractivity contribution >= 4 is 29.0 Å². The molecule has 0 radical (unpaired) electrons. The minimum absolute atomic E-state index is 0.109. The lowest BCUT2D eigenvalue weighted by molar-refractivity contribution is 0.0934. The number of rotatable bonds is 8. The molecular formula is C22H25N7O2S. The van der Waals surface area contributed by atoms with Gasteiger partial charge in [-0.2, -0.15) is 5.10 Å². The van der Waals surface area contributed by atoms with E-state index in [2.05, 4.69) is 38.7 Å². The monoisotopic (exact) mass is 451 g/mol. The van der Waals surface area contributed by atoms with Gasteiger partial charge in [0.05, 0.1) is 12.6 Å². The second-order valence-electron chi connectivity index (χ2n) is 7.02. The molecule has 2 amide bonds. The van der Waals surface area contributed by atoms with E-state index in [1.807, 2.05) is 25.1 Å². The summed E-state index contributed by atoms with van der Waals surface area (Å²) in [5.74, 6) is 4.64. The Labute approximate surface area is 190 Å². The van der Waals surface area contributed by atoms with Gasteiger partial charge in [0.25, 0.3) is 11.8 Å². The summed E-state index contributed by atoms with van der Waals surface area (Å²) in [6.45, 7) is 4.33. The number of aryl methyl sites for hydroxylation is 1. The average molecular weight is 452 g/mol. The summed E-state index contributed by atoms with van der Waals surface area (Å²) in [4.78, 5) is 35.4. The third kappa shape index (κ3) is 5.67. The Morgan fingerprint density at radius 3 is 2.34 bits per heavy atom. The van der Waals surface area contributed by atoms with Gasteiger partial charge in [0.2, 0.25) is 0 Å². The zero-order valence-electron chi connectivity index (χ0n) is 17.8. The average Bonchev–Trinajstić information content (AvgIpc) is 3.30. The van der Waals surface area contributed by atoms with E-state index in [9.17, 15) is 9.59 Å². The van der Waals surface area contributed by atoms with Crippen LogP contribution in [0.3, 0.4) is 0 Å². The Morgan fingerprint density at radius 1 is 1.06 bits per heavy atom. The van der Waals surface area contributed by atoms with Crippen molar-refractivity contribution in [3.8, 4) is 0 Å². The zero-order valence-corrected chi connectivity index (χ0v) is 18.6. The number of hydrazone groups is 1. The minimum Gasteiger partial charge on any atom is -0.382 e. The molecule has 0 aliphatic carbocycles. The molecule has 0 fully saturated rings. The van der Waals surface area contributed by atoms with E-state index in [1.165, 1.54) is 17.3 Å². The lowest BCUT2D eigenvalue weighted by atomic mass is 10.1. The summed E-state index contributed by atoms with van der Waals surface area (Å²) < 4.78 is 0. The first-order valence-electron chi connectivity index (χ1n) is 10.0. The molecule has 0 spiro atoms. The highest BCUT2D eigenvalue weighted by molar-refractivity contribution is 7.11. The van der Waals surface area contributed by atoms with Crippen LogP contribution in [0.15, 0.2) is 53.9 Å². The van der Waals surface area contributed by atoms with Crippen LogP contribution in [-0.2, 0) is 13.0 Å². The lowest BCUT2D eigenvalue weighted by Crippen LogP contribution is -2.29. The molecule has 2 heterocycles. The normalized spacial score (nSPS) is 12.2. The van der Waals surface area contributed by atoms with Gasteiger partial charge in [0.1, 0.15) is 23.6 Å². The number of nitrogens with zero attached hydrogens (tertiary/aromatic N) is 3. The van der Waals surface area contributed by atoms with Gasteiger partial charge < -0.3 is 22.2 Å². The van der Waals surface area contributed by atoms with Gasteiger partial charge in [-0.05, 0) is 31.0 Å². The molecule has 0 aliphatic rings. The number of thiophene rings is 1. The smallest absolute Gasteiger partial charge is 0.270 e. The van der Waals surface area contributed by atoms with Gasteiger partial charge in [0.15, 0.2) is 0 Å². The maximum atomic E-state index is 12.7. The fourth-order valence-electron chi connectivity index (χ4n) is 2.94. The van der Waals surface area contributed by atoms with Crippen LogP contribution in [0.5, 0.6) is 0 Å². The number of nitrogens with two attached hydrogens (primary N) is 2. The molecule has 1 aromatic carbocycles. The number of amidine groups is 1. The van der Waals surface area contributed by atoms with Crippen molar-refractivity contribution in [1.29, 1.82) is 0 Å². The molecule has 10 heteroatoms. The molecule has 3 aromatic rings. The molecule has 1 unspecified atom stereocenters. The Hall–Kier alpha value is -3.79. The largest absolute Gasteiger partial charge is 0.382 e. The van der Waals surface area contributed by atoms with E-state index in [-0.39, 0.29) is 29.2 Å². The van der Waals surface area contributed by atoms with Crippen LogP contribution in [0, 0.1) is 0 Å². The fraction of sp³-hybridized carbons (Fsp3) is 0.227. The van der Waals surface area contributed by atoms with Crippen LogP contribution in [-0.4, -0.2) is 27.6 Å². The summed E-state index contributed by atoms with van der Waals surface area (Å²) in [6.07, 6.45) is 2.17. The van der Waals surface area contributed by atoms with Gasteiger partial charge in [-0.3, -0.25) is 9.59 Å². The summed E-state index contributed by atoms with van der Waals surface area (Å²) in [5.41, 5.74) is 7.48. The highest BCUT2D eigenvalue weighted by atomic mass is 32.1. The first-order valence-corrected chi connectivity index (χ1v) is 10.8. The van der Waals surface area contributed by atoms with E-state index in [1.54, 1.807) is 23.5 Å². The predicted molar refractivity (Wildman–Crippen MR) is 124 cm³/mol. The van der Waals surface area contributed by atoms with Crippen LogP contribution >= 0.6 is 11.3 Å². The third-order valence-electron chi connectivity index (χ3n) is 4.81. The second-order valence-corrected chi connectivity index (χ2v) is 8.28. The van der Waals surface area contributed by atoms with E-state index in [0.717, 1.165) is 16.9 Å². The second kappa shape index (κ2) is 10.5. The third-order valence-corrected chi connectivity index (χ3v) is 6.04. The zero-order chi connectivity index (χ0) is 23.1. The molecule has 0 saturated heterocycles. The maximum Gasteiger partial charge on any atom is 0.270 e. The number of carbonyl (C=O) groups is 2. The summed E-state index contributed by atoms with van der Waals surface area (Å²) >= 11 is 1.66. The quantitative estimate of drug-likeness (QED) is 0.178. The number of hydrogen-bond acceptors (Lipinski definition) is 7. The number of aromatic nitrogens is 2. The SMILES string of the molecule is CCc1ccc(CNC(=O)c2cc(C(=O)NC(C)c3ccc(/C(N)=N/N)cc3)ncn2)s1. The van der Waals surface area contributed by atoms with Gasteiger partial charge in [0, 0.05) is 21.4 Å². The van der Waals surface area contributed by atoms with Crippen molar-refractivity contribution in [3.05, 3.63) is 81.1 Å². The molecule has 0 aliphatic heterocycles. The van der Waals surface area contributed by atoms with Crippen LogP contribution in [0.4, 0.5) is 0 Å². The molecule has 3 rings (SSSR count). The van der Waals surface area contributed by atoms with Gasteiger partial charge >= 0.3 is 0 Å². The topological polar surface area (TPSA) is 148 Å². The van der Waals surface area contributed by atoms with E-state index in [0.29, 0.717) is 12.1 Å². The van der Waals surface area contributed by atoms with Gasteiger partial charge in [-0.15, -0.1) is 11.3 Å². The van der Waals surface area contributed by atoms with Crippen molar-refractivity contribution in [2.24, 2.45) is 16.7 Å². The molecule has 9 nitrogen and oxygen atoms in total. The molecular weight excluding hydrogens is 426 g/mol. The Bertz CT molecular complexity index is 1130. The molecule has 1 atom stereocenters. The van der Waals surface area contributed by atoms with Crippen molar-refractivity contribution < 1.29 is 9.59 Å². The molecule has 166 valence electrons.